The molecular weight excluding hydrogens is 359 g/mol. The monoisotopic (exact) mass is 384 g/mol. The Morgan fingerprint density at radius 3 is 2.42 bits per heavy atom. The van der Waals surface area contributed by atoms with Gasteiger partial charge in [0.15, 0.2) is 0 Å². The summed E-state index contributed by atoms with van der Waals surface area (Å²) in [4.78, 5) is 14.3. The summed E-state index contributed by atoms with van der Waals surface area (Å²) < 4.78 is 45.4. The maximum Gasteiger partial charge on any atom is 0.225 e. The van der Waals surface area contributed by atoms with Crippen molar-refractivity contribution in [2.24, 2.45) is 5.92 Å². The van der Waals surface area contributed by atoms with Gasteiger partial charge >= 0.3 is 0 Å². The molecule has 0 aliphatic carbocycles. The Balaban J connectivity index is 1.51. The molecule has 1 aromatic carbocycles. The first-order valence-corrected chi connectivity index (χ1v) is 10.7. The lowest BCUT2D eigenvalue weighted by Gasteiger charge is -2.35. The fraction of sp³-hybridized carbons (Fsp3) is 0.611. The highest BCUT2D eigenvalue weighted by atomic mass is 32.2. The van der Waals surface area contributed by atoms with Crippen molar-refractivity contribution in [3.05, 3.63) is 35.6 Å². The van der Waals surface area contributed by atoms with Crippen molar-refractivity contribution in [2.75, 3.05) is 45.1 Å². The Hall–Kier alpha value is -1.51. The molecule has 2 heterocycles. The molecule has 0 unspecified atom stereocenters. The zero-order valence-electron chi connectivity index (χ0n) is 14.8. The predicted molar refractivity (Wildman–Crippen MR) is 95.6 cm³/mol. The van der Waals surface area contributed by atoms with Crippen LogP contribution in [-0.2, 0) is 26.0 Å². The van der Waals surface area contributed by atoms with Gasteiger partial charge in [-0.3, -0.25) is 4.79 Å². The van der Waals surface area contributed by atoms with E-state index >= 15 is 0 Å². The second-order valence-electron chi connectivity index (χ2n) is 6.77. The normalized spacial score (nSPS) is 20.3. The summed E-state index contributed by atoms with van der Waals surface area (Å²) in [7, 11) is -3.45. The average Bonchev–Trinajstić information content (AvgIpc) is 2.67. The first-order chi connectivity index (χ1) is 12.5. The van der Waals surface area contributed by atoms with Gasteiger partial charge in [0.1, 0.15) is 5.82 Å². The zero-order chi connectivity index (χ0) is 18.6. The van der Waals surface area contributed by atoms with Crippen molar-refractivity contribution in [1.29, 1.82) is 0 Å². The van der Waals surface area contributed by atoms with Crippen LogP contribution in [0, 0.1) is 11.7 Å². The van der Waals surface area contributed by atoms with Gasteiger partial charge in [-0.1, -0.05) is 18.2 Å². The second-order valence-corrected chi connectivity index (χ2v) is 8.86. The number of carbonyl (C=O) groups excluding carboxylic acids is 1. The molecule has 1 amide bonds. The van der Waals surface area contributed by atoms with Crippen LogP contribution in [0.2, 0.25) is 0 Å². The highest BCUT2D eigenvalue weighted by Gasteiger charge is 2.33. The maximum atomic E-state index is 13.7. The molecule has 2 fully saturated rings. The van der Waals surface area contributed by atoms with E-state index in [1.165, 1.54) is 10.4 Å². The Morgan fingerprint density at radius 1 is 1.12 bits per heavy atom. The number of hydrogen-bond donors (Lipinski definition) is 0. The summed E-state index contributed by atoms with van der Waals surface area (Å²) in [6.07, 6.45) is 1.23. The van der Waals surface area contributed by atoms with Gasteiger partial charge < -0.3 is 9.64 Å². The topological polar surface area (TPSA) is 66.9 Å². The molecular formula is C18H25FN2O4S. The minimum absolute atomic E-state index is 0.108. The number of morpholine rings is 1. The van der Waals surface area contributed by atoms with Gasteiger partial charge in [0, 0.05) is 32.1 Å². The quantitative estimate of drug-likeness (QED) is 0.767. The van der Waals surface area contributed by atoms with Crippen molar-refractivity contribution in [2.45, 2.75) is 19.3 Å². The van der Waals surface area contributed by atoms with E-state index in [9.17, 15) is 17.6 Å². The highest BCUT2D eigenvalue weighted by Crippen LogP contribution is 2.23. The van der Waals surface area contributed by atoms with Crippen molar-refractivity contribution < 1.29 is 22.3 Å². The number of nitrogens with zero attached hydrogens (tertiary/aromatic N) is 2. The van der Waals surface area contributed by atoms with Gasteiger partial charge in [-0.15, -0.1) is 0 Å². The minimum atomic E-state index is -3.45. The summed E-state index contributed by atoms with van der Waals surface area (Å²) >= 11 is 0. The molecule has 3 rings (SSSR count). The molecule has 2 aliphatic heterocycles. The maximum absolute atomic E-state index is 13.7. The number of rotatable bonds is 5. The zero-order valence-corrected chi connectivity index (χ0v) is 15.6. The van der Waals surface area contributed by atoms with Gasteiger partial charge in [0.2, 0.25) is 15.9 Å². The molecule has 8 heteroatoms. The number of aryl methyl sites for hydroxylation is 1. The SMILES string of the molecule is O=C(C1CCN(S(=O)(=O)CCc2ccccc2F)CC1)N1CCOCC1. The lowest BCUT2D eigenvalue weighted by atomic mass is 9.96. The van der Waals surface area contributed by atoms with Gasteiger partial charge in [0.05, 0.1) is 19.0 Å². The molecule has 2 aliphatic rings. The third-order valence-corrected chi connectivity index (χ3v) is 6.98. The number of benzene rings is 1. The van der Waals surface area contributed by atoms with Crippen molar-refractivity contribution in [1.82, 2.24) is 9.21 Å². The summed E-state index contributed by atoms with van der Waals surface area (Å²) in [5, 5.41) is 0. The van der Waals surface area contributed by atoms with E-state index in [1.54, 1.807) is 18.2 Å². The third kappa shape index (κ3) is 4.61. The van der Waals surface area contributed by atoms with E-state index in [2.05, 4.69) is 0 Å². The van der Waals surface area contributed by atoms with Gasteiger partial charge in [-0.05, 0) is 30.9 Å². The number of amides is 1. The smallest absolute Gasteiger partial charge is 0.225 e. The molecule has 0 radical (unpaired) electrons. The van der Waals surface area contributed by atoms with Crippen molar-refractivity contribution in [3.8, 4) is 0 Å². The average molecular weight is 384 g/mol. The first kappa shape index (κ1) is 19.3. The summed E-state index contributed by atoms with van der Waals surface area (Å²) in [5.41, 5.74) is 0.411. The molecule has 6 nitrogen and oxygen atoms in total. The predicted octanol–water partition coefficient (Wildman–Crippen LogP) is 1.27. The van der Waals surface area contributed by atoms with E-state index in [-0.39, 0.29) is 29.8 Å². The van der Waals surface area contributed by atoms with E-state index < -0.39 is 10.0 Å². The van der Waals surface area contributed by atoms with Crippen molar-refractivity contribution in [3.63, 3.8) is 0 Å². The molecule has 0 spiro atoms. The summed E-state index contributed by atoms with van der Waals surface area (Å²) in [6.45, 7) is 3.05. The number of sulfonamides is 1. The highest BCUT2D eigenvalue weighted by molar-refractivity contribution is 7.89. The van der Waals surface area contributed by atoms with Gasteiger partial charge in [-0.2, -0.15) is 0 Å². The summed E-state index contributed by atoms with van der Waals surface area (Å²) in [5.74, 6) is -0.504. The molecule has 0 atom stereocenters. The Labute approximate surface area is 154 Å². The molecule has 2 saturated heterocycles. The standard InChI is InChI=1S/C18H25FN2O4S/c19-17-4-2-1-3-15(17)7-14-26(23,24)21-8-5-16(6-9-21)18(22)20-10-12-25-13-11-20/h1-4,16H,5-14H2. The third-order valence-electron chi connectivity index (χ3n) is 5.11. The molecule has 0 saturated carbocycles. The molecule has 144 valence electrons. The number of piperidine rings is 1. The molecule has 0 bridgehead atoms. The van der Waals surface area contributed by atoms with Crippen LogP contribution in [0.1, 0.15) is 18.4 Å². The minimum Gasteiger partial charge on any atom is -0.378 e. The molecule has 0 aromatic heterocycles. The lowest BCUT2D eigenvalue weighted by molar-refractivity contribution is -0.140. The van der Waals surface area contributed by atoms with Crippen LogP contribution in [0.25, 0.3) is 0 Å². The number of halogens is 1. The van der Waals surface area contributed by atoms with E-state index in [0.29, 0.717) is 57.8 Å². The van der Waals surface area contributed by atoms with Crippen LogP contribution in [-0.4, -0.2) is 68.7 Å². The first-order valence-electron chi connectivity index (χ1n) is 9.05. The largest absolute Gasteiger partial charge is 0.378 e. The van der Waals surface area contributed by atoms with Crippen molar-refractivity contribution >= 4 is 15.9 Å². The number of ether oxygens (including phenoxy) is 1. The number of hydrogen-bond acceptors (Lipinski definition) is 4. The molecule has 1 aromatic rings. The van der Waals surface area contributed by atoms with Crippen LogP contribution >= 0.6 is 0 Å². The van der Waals surface area contributed by atoms with Crippen LogP contribution in [0.5, 0.6) is 0 Å². The number of carbonyl (C=O) groups is 1. The Morgan fingerprint density at radius 2 is 1.77 bits per heavy atom. The fourth-order valence-corrected chi connectivity index (χ4v) is 5.00. The van der Waals surface area contributed by atoms with E-state index in [1.807, 2.05) is 4.90 Å². The lowest BCUT2D eigenvalue weighted by Crippen LogP contribution is -2.48. The molecule has 26 heavy (non-hydrogen) atoms. The van der Waals surface area contributed by atoms with E-state index in [4.69, 9.17) is 4.74 Å². The second kappa shape index (κ2) is 8.45. The van der Waals surface area contributed by atoms with Gasteiger partial charge in [0.25, 0.3) is 0 Å². The Bertz CT molecular complexity index is 726. The van der Waals surface area contributed by atoms with E-state index in [0.717, 1.165) is 0 Å². The van der Waals surface area contributed by atoms with Gasteiger partial charge in [-0.25, -0.2) is 17.1 Å². The van der Waals surface area contributed by atoms with Crippen LogP contribution in [0.3, 0.4) is 0 Å². The van der Waals surface area contributed by atoms with Crippen LogP contribution in [0.4, 0.5) is 4.39 Å². The Kier molecular flexibility index (Phi) is 6.26. The van der Waals surface area contributed by atoms with Crippen LogP contribution < -0.4 is 0 Å². The fourth-order valence-electron chi connectivity index (χ4n) is 3.49. The van der Waals surface area contributed by atoms with Crippen LogP contribution in [0.15, 0.2) is 24.3 Å². The summed E-state index contributed by atoms with van der Waals surface area (Å²) in [6, 6.07) is 6.24. The molecule has 0 N–H and O–H groups in total.